The molecule has 1 atom stereocenters. The summed E-state index contributed by atoms with van der Waals surface area (Å²) >= 11 is 0. The van der Waals surface area contributed by atoms with Crippen molar-refractivity contribution in [3.05, 3.63) is 95.3 Å². The molecule has 0 saturated heterocycles. The molecule has 0 aliphatic carbocycles. The SMILES string of the molecule is CC(Nc1ccc(C(=O)c2ncccc2C(=O)O)cc1)c1ccccc1. The molecule has 2 N–H and O–H groups in total. The van der Waals surface area contributed by atoms with E-state index >= 15 is 0 Å². The van der Waals surface area contributed by atoms with Crippen LogP contribution in [0.5, 0.6) is 0 Å². The standard InChI is InChI=1S/C21H18N2O3/c1-14(15-6-3-2-4-7-15)23-17-11-9-16(10-12-17)20(24)19-18(21(25)26)8-5-13-22-19/h2-14,23H,1H3,(H,25,26). The van der Waals surface area contributed by atoms with E-state index in [0.29, 0.717) is 5.56 Å². The number of pyridine rings is 1. The minimum Gasteiger partial charge on any atom is -0.478 e. The van der Waals surface area contributed by atoms with Gasteiger partial charge in [-0.3, -0.25) is 9.78 Å². The highest BCUT2D eigenvalue weighted by Crippen LogP contribution is 2.20. The Morgan fingerprint density at radius 1 is 0.962 bits per heavy atom. The molecule has 0 saturated carbocycles. The van der Waals surface area contributed by atoms with Gasteiger partial charge in [-0.15, -0.1) is 0 Å². The molecule has 1 heterocycles. The number of hydrogen-bond donors (Lipinski definition) is 2. The van der Waals surface area contributed by atoms with Crippen LogP contribution >= 0.6 is 0 Å². The van der Waals surface area contributed by atoms with Crippen LogP contribution < -0.4 is 5.32 Å². The fourth-order valence-corrected chi connectivity index (χ4v) is 2.69. The van der Waals surface area contributed by atoms with Crippen molar-refractivity contribution in [1.82, 2.24) is 4.98 Å². The van der Waals surface area contributed by atoms with Gasteiger partial charge in [-0.25, -0.2) is 4.79 Å². The van der Waals surface area contributed by atoms with Gasteiger partial charge in [0.15, 0.2) is 0 Å². The van der Waals surface area contributed by atoms with E-state index in [1.165, 1.54) is 18.3 Å². The third-order valence-electron chi connectivity index (χ3n) is 4.08. The summed E-state index contributed by atoms with van der Waals surface area (Å²) in [6.07, 6.45) is 1.41. The van der Waals surface area contributed by atoms with Crippen LogP contribution in [0.3, 0.4) is 0 Å². The fraction of sp³-hybridized carbons (Fsp3) is 0.0952. The van der Waals surface area contributed by atoms with Crippen molar-refractivity contribution in [2.45, 2.75) is 13.0 Å². The Balaban J connectivity index is 1.78. The second kappa shape index (κ2) is 7.61. The molecule has 3 rings (SSSR count). The molecule has 0 aliphatic heterocycles. The summed E-state index contributed by atoms with van der Waals surface area (Å²) < 4.78 is 0. The molecule has 3 aromatic rings. The largest absolute Gasteiger partial charge is 0.478 e. The molecule has 0 radical (unpaired) electrons. The van der Waals surface area contributed by atoms with Crippen molar-refractivity contribution in [1.29, 1.82) is 0 Å². The molecule has 0 spiro atoms. The molecule has 1 aromatic heterocycles. The molecule has 0 fully saturated rings. The fourth-order valence-electron chi connectivity index (χ4n) is 2.69. The highest BCUT2D eigenvalue weighted by molar-refractivity contribution is 6.13. The van der Waals surface area contributed by atoms with E-state index in [4.69, 9.17) is 0 Å². The monoisotopic (exact) mass is 346 g/mol. The minimum atomic E-state index is -1.17. The quantitative estimate of drug-likeness (QED) is 0.655. The summed E-state index contributed by atoms with van der Waals surface area (Å²) in [7, 11) is 0. The minimum absolute atomic E-state index is 0.0571. The van der Waals surface area contributed by atoms with Gasteiger partial charge >= 0.3 is 5.97 Å². The topological polar surface area (TPSA) is 79.3 Å². The Kier molecular flexibility index (Phi) is 5.08. The summed E-state index contributed by atoms with van der Waals surface area (Å²) in [5.74, 6) is -1.58. The van der Waals surface area contributed by atoms with Crippen LogP contribution in [0.2, 0.25) is 0 Å². The van der Waals surface area contributed by atoms with Gasteiger partial charge in [-0.05, 0) is 48.9 Å². The van der Waals surface area contributed by atoms with Crippen LogP contribution in [-0.2, 0) is 0 Å². The molecule has 5 heteroatoms. The zero-order valence-electron chi connectivity index (χ0n) is 14.2. The number of rotatable bonds is 6. The Morgan fingerprint density at radius 2 is 1.65 bits per heavy atom. The number of carboxylic acids is 1. The second-order valence-corrected chi connectivity index (χ2v) is 5.89. The predicted molar refractivity (Wildman–Crippen MR) is 99.6 cm³/mol. The van der Waals surface area contributed by atoms with E-state index < -0.39 is 11.8 Å². The first kappa shape index (κ1) is 17.4. The lowest BCUT2D eigenvalue weighted by Gasteiger charge is -2.16. The highest BCUT2D eigenvalue weighted by Gasteiger charge is 2.19. The molecule has 5 nitrogen and oxygen atoms in total. The van der Waals surface area contributed by atoms with Gasteiger partial charge in [-0.2, -0.15) is 0 Å². The molecular weight excluding hydrogens is 328 g/mol. The zero-order chi connectivity index (χ0) is 18.5. The smallest absolute Gasteiger partial charge is 0.338 e. The Labute approximate surface area is 151 Å². The number of nitrogens with one attached hydrogen (secondary N) is 1. The van der Waals surface area contributed by atoms with E-state index in [9.17, 15) is 14.7 Å². The number of carbonyl (C=O) groups excluding carboxylic acids is 1. The lowest BCUT2D eigenvalue weighted by molar-refractivity contribution is 0.0692. The van der Waals surface area contributed by atoms with Crippen LogP contribution in [0.25, 0.3) is 0 Å². The lowest BCUT2D eigenvalue weighted by Crippen LogP contribution is -2.12. The van der Waals surface area contributed by atoms with E-state index in [2.05, 4.69) is 17.2 Å². The van der Waals surface area contributed by atoms with Gasteiger partial charge in [-0.1, -0.05) is 30.3 Å². The number of anilines is 1. The molecule has 2 aromatic carbocycles. The maximum absolute atomic E-state index is 12.6. The molecule has 0 aliphatic rings. The van der Waals surface area contributed by atoms with Gasteiger partial charge in [0.1, 0.15) is 5.69 Å². The highest BCUT2D eigenvalue weighted by atomic mass is 16.4. The molecule has 0 bridgehead atoms. The van der Waals surface area contributed by atoms with Crippen molar-refractivity contribution in [3.63, 3.8) is 0 Å². The predicted octanol–water partition coefficient (Wildman–Crippen LogP) is 4.18. The second-order valence-electron chi connectivity index (χ2n) is 5.89. The first-order valence-electron chi connectivity index (χ1n) is 8.21. The number of hydrogen-bond acceptors (Lipinski definition) is 4. The first-order valence-corrected chi connectivity index (χ1v) is 8.21. The average molecular weight is 346 g/mol. The Hall–Kier alpha value is -3.47. The van der Waals surface area contributed by atoms with Crippen LogP contribution in [0.4, 0.5) is 5.69 Å². The summed E-state index contributed by atoms with van der Waals surface area (Å²) in [6, 6.07) is 20.0. The number of nitrogens with zero attached hydrogens (tertiary/aromatic N) is 1. The van der Waals surface area contributed by atoms with Crippen molar-refractivity contribution in [2.75, 3.05) is 5.32 Å². The molecule has 0 amide bonds. The normalized spacial score (nSPS) is 11.6. The maximum atomic E-state index is 12.6. The van der Waals surface area contributed by atoms with Crippen LogP contribution in [0.15, 0.2) is 72.9 Å². The van der Waals surface area contributed by atoms with Crippen molar-refractivity contribution in [3.8, 4) is 0 Å². The molecule has 26 heavy (non-hydrogen) atoms. The number of aromatic nitrogens is 1. The number of benzene rings is 2. The number of aromatic carboxylic acids is 1. The van der Waals surface area contributed by atoms with Crippen LogP contribution in [-0.4, -0.2) is 21.8 Å². The van der Waals surface area contributed by atoms with E-state index in [1.54, 1.807) is 24.3 Å². The number of carbonyl (C=O) groups is 2. The van der Waals surface area contributed by atoms with Gasteiger partial charge in [0, 0.05) is 23.5 Å². The first-order chi connectivity index (χ1) is 12.6. The molecule has 1 unspecified atom stereocenters. The maximum Gasteiger partial charge on any atom is 0.338 e. The zero-order valence-corrected chi connectivity index (χ0v) is 14.2. The van der Waals surface area contributed by atoms with Crippen molar-refractivity contribution >= 4 is 17.4 Å². The van der Waals surface area contributed by atoms with Gasteiger partial charge in [0.25, 0.3) is 0 Å². The van der Waals surface area contributed by atoms with Crippen molar-refractivity contribution < 1.29 is 14.7 Å². The number of carboxylic acid groups (broad SMARTS) is 1. The third kappa shape index (κ3) is 3.78. The number of ketones is 1. The van der Waals surface area contributed by atoms with E-state index in [1.807, 2.05) is 30.3 Å². The average Bonchev–Trinajstić information content (AvgIpc) is 2.68. The van der Waals surface area contributed by atoms with Gasteiger partial charge in [0.2, 0.25) is 5.78 Å². The Morgan fingerprint density at radius 3 is 2.31 bits per heavy atom. The molecule has 130 valence electrons. The summed E-state index contributed by atoms with van der Waals surface area (Å²) in [5.41, 5.74) is 2.27. The summed E-state index contributed by atoms with van der Waals surface area (Å²) in [6.45, 7) is 2.06. The lowest BCUT2D eigenvalue weighted by atomic mass is 10.0. The van der Waals surface area contributed by atoms with E-state index in [-0.39, 0.29) is 17.3 Å². The molecular formula is C21H18N2O3. The summed E-state index contributed by atoms with van der Waals surface area (Å²) in [4.78, 5) is 27.8. The van der Waals surface area contributed by atoms with Crippen LogP contribution in [0, 0.1) is 0 Å². The van der Waals surface area contributed by atoms with Crippen molar-refractivity contribution in [2.24, 2.45) is 0 Å². The van der Waals surface area contributed by atoms with Crippen LogP contribution in [0.1, 0.15) is 44.9 Å². The third-order valence-corrected chi connectivity index (χ3v) is 4.08. The van der Waals surface area contributed by atoms with Gasteiger partial charge < -0.3 is 10.4 Å². The summed E-state index contributed by atoms with van der Waals surface area (Å²) in [5, 5.41) is 12.6. The van der Waals surface area contributed by atoms with Gasteiger partial charge in [0.05, 0.1) is 5.56 Å². The van der Waals surface area contributed by atoms with E-state index in [0.717, 1.165) is 11.3 Å². The Bertz CT molecular complexity index is 922.